The minimum atomic E-state index is -1.51. The normalized spacial score (nSPS) is 32.6. The number of rotatable bonds is 4. The van der Waals surface area contributed by atoms with Gasteiger partial charge in [-0.25, -0.2) is 14.6 Å². The largest absolute Gasteiger partial charge is 0.463 e. The molecule has 206 valence electrons. The summed E-state index contributed by atoms with van der Waals surface area (Å²) in [5.74, 6) is -7.16. The number of nitrogens with zero attached hydrogens (tertiary/aromatic N) is 2. The summed E-state index contributed by atoms with van der Waals surface area (Å²) in [7, 11) is 0. The van der Waals surface area contributed by atoms with Crippen molar-refractivity contribution in [2.45, 2.75) is 25.1 Å². The van der Waals surface area contributed by atoms with Crippen molar-refractivity contribution in [2.75, 3.05) is 16.4 Å². The topological polar surface area (TPSA) is 101 Å². The van der Waals surface area contributed by atoms with Crippen LogP contribution in [0.1, 0.15) is 20.8 Å². The number of anilines is 2. The Morgan fingerprint density at radius 1 is 0.800 bits per heavy atom. The van der Waals surface area contributed by atoms with Gasteiger partial charge in [-0.3, -0.25) is 19.2 Å². The van der Waals surface area contributed by atoms with Gasteiger partial charge >= 0.3 is 5.97 Å². The molecule has 2 unspecified atom stereocenters. The minimum absolute atomic E-state index is 0.0662. The highest BCUT2D eigenvalue weighted by atomic mass is 79.9. The molecule has 2 heterocycles. The van der Waals surface area contributed by atoms with E-state index in [1.165, 1.54) is 0 Å². The molecule has 2 saturated heterocycles. The third kappa shape index (κ3) is 3.22. The standard InChI is InChI=1S/C29H23BrCl2N2O6/c1-4-40-27(39)18-13(2)29(30)21-19(23(35)33(25(21)37)16-9-5-14(31)6-10-16)28(18,3)20-22(29)26(38)34(24(20)36)17-11-7-15(32)8-12-17/h5-12,19-22H,4H2,1-3H3/t19-,20+,21-,22-,28?,29?/m1/s1. The Morgan fingerprint density at radius 2 is 1.18 bits per heavy atom. The maximum atomic E-state index is 14.2. The summed E-state index contributed by atoms with van der Waals surface area (Å²) in [5, 5.41) is 0.860. The summed E-state index contributed by atoms with van der Waals surface area (Å²) in [4.78, 5) is 72.5. The molecule has 2 aromatic carbocycles. The van der Waals surface area contributed by atoms with Gasteiger partial charge in [0.2, 0.25) is 23.6 Å². The van der Waals surface area contributed by atoms with Gasteiger partial charge in [0, 0.05) is 21.0 Å². The van der Waals surface area contributed by atoms with E-state index in [0.717, 1.165) is 9.80 Å². The summed E-state index contributed by atoms with van der Waals surface area (Å²) in [6, 6.07) is 12.5. The van der Waals surface area contributed by atoms with Gasteiger partial charge in [0.25, 0.3) is 0 Å². The zero-order valence-corrected chi connectivity index (χ0v) is 24.7. The van der Waals surface area contributed by atoms with Crippen LogP contribution in [-0.4, -0.2) is 40.5 Å². The highest BCUT2D eigenvalue weighted by Crippen LogP contribution is 2.72. The molecule has 5 aliphatic rings. The van der Waals surface area contributed by atoms with Crippen LogP contribution < -0.4 is 9.80 Å². The number of halogens is 3. The van der Waals surface area contributed by atoms with E-state index in [-0.39, 0.29) is 12.2 Å². The first-order chi connectivity index (χ1) is 18.9. The number of hydrogen-bond donors (Lipinski definition) is 0. The number of carbonyl (C=O) groups is 5. The third-order valence-corrected chi connectivity index (χ3v) is 11.0. The van der Waals surface area contributed by atoms with E-state index < -0.39 is 63.0 Å². The Morgan fingerprint density at radius 3 is 1.55 bits per heavy atom. The molecule has 40 heavy (non-hydrogen) atoms. The summed E-state index contributed by atoms with van der Waals surface area (Å²) >= 11 is 15.8. The number of amides is 4. The maximum Gasteiger partial charge on any atom is 0.334 e. The van der Waals surface area contributed by atoms with Crippen molar-refractivity contribution in [3.63, 3.8) is 0 Å². The second-order valence-corrected chi connectivity index (χ2v) is 12.8. The van der Waals surface area contributed by atoms with Gasteiger partial charge in [0.15, 0.2) is 0 Å². The molecule has 0 N–H and O–H groups in total. The lowest BCUT2D eigenvalue weighted by atomic mass is 9.43. The van der Waals surface area contributed by atoms with Crippen LogP contribution in [0.15, 0.2) is 59.7 Å². The van der Waals surface area contributed by atoms with E-state index in [4.69, 9.17) is 27.9 Å². The minimum Gasteiger partial charge on any atom is -0.463 e. The average molecular weight is 646 g/mol. The van der Waals surface area contributed by atoms with Gasteiger partial charge in [-0.2, -0.15) is 0 Å². The van der Waals surface area contributed by atoms with Crippen LogP contribution in [-0.2, 0) is 28.7 Å². The molecular weight excluding hydrogens is 623 g/mol. The van der Waals surface area contributed by atoms with Crippen LogP contribution in [0.3, 0.4) is 0 Å². The highest BCUT2D eigenvalue weighted by molar-refractivity contribution is 9.10. The zero-order chi connectivity index (χ0) is 28.9. The number of alkyl halides is 1. The number of imide groups is 2. The van der Waals surface area contributed by atoms with Crippen LogP contribution in [0.5, 0.6) is 0 Å². The van der Waals surface area contributed by atoms with Crippen molar-refractivity contribution >= 4 is 80.1 Å². The fraction of sp³-hybridized carbons (Fsp3) is 0.345. The molecule has 0 spiro atoms. The molecule has 2 aromatic rings. The van der Waals surface area contributed by atoms with Crippen molar-refractivity contribution in [3.8, 4) is 0 Å². The smallest absolute Gasteiger partial charge is 0.334 e. The zero-order valence-electron chi connectivity index (χ0n) is 21.6. The quantitative estimate of drug-likeness (QED) is 0.265. The van der Waals surface area contributed by atoms with E-state index in [0.29, 0.717) is 27.0 Å². The van der Waals surface area contributed by atoms with E-state index in [9.17, 15) is 24.0 Å². The molecular formula is C29H23BrCl2N2O6. The molecule has 3 fully saturated rings. The van der Waals surface area contributed by atoms with Crippen LogP contribution in [0.25, 0.3) is 0 Å². The number of hydrogen-bond acceptors (Lipinski definition) is 6. The van der Waals surface area contributed by atoms with Crippen LogP contribution in [0.4, 0.5) is 11.4 Å². The van der Waals surface area contributed by atoms with Crippen LogP contribution in [0, 0.1) is 29.1 Å². The molecule has 0 aromatic heterocycles. The fourth-order valence-electron chi connectivity index (χ4n) is 7.42. The van der Waals surface area contributed by atoms with Crippen molar-refractivity contribution in [1.29, 1.82) is 0 Å². The van der Waals surface area contributed by atoms with Crippen molar-refractivity contribution in [2.24, 2.45) is 29.1 Å². The predicted octanol–water partition coefficient (Wildman–Crippen LogP) is 4.95. The molecule has 8 nitrogen and oxygen atoms in total. The molecule has 7 rings (SSSR count). The molecule has 3 aliphatic carbocycles. The molecule has 6 atom stereocenters. The Kier molecular flexibility index (Phi) is 6.11. The van der Waals surface area contributed by atoms with E-state index in [1.807, 2.05) is 0 Å². The Hall–Kier alpha value is -3.01. The van der Waals surface area contributed by atoms with Gasteiger partial charge in [-0.05, 0) is 68.0 Å². The Balaban J connectivity index is 1.58. The SMILES string of the molecule is CCOC(=O)C1=C(C)C2(Br)[C@H]3C(=O)N(c4ccc(Cl)cc4)C(=O)[C@H]3C1(C)[C@H]1C(=O)N(c3ccc(Cl)cc3)C(=O)[C@@H]12. The summed E-state index contributed by atoms with van der Waals surface area (Å²) in [6.07, 6.45) is 0. The van der Waals surface area contributed by atoms with Crippen molar-refractivity contribution < 1.29 is 28.7 Å². The van der Waals surface area contributed by atoms with Gasteiger partial charge in [0.1, 0.15) is 0 Å². The monoisotopic (exact) mass is 644 g/mol. The number of allylic oxidation sites excluding steroid dienone is 1. The van der Waals surface area contributed by atoms with Crippen molar-refractivity contribution in [1.82, 2.24) is 0 Å². The summed E-state index contributed by atoms with van der Waals surface area (Å²) in [6.45, 7) is 5.02. The van der Waals surface area contributed by atoms with Gasteiger partial charge in [-0.15, -0.1) is 0 Å². The second-order valence-electron chi connectivity index (χ2n) is 10.7. The Labute approximate surface area is 248 Å². The average Bonchev–Trinajstić information content (AvgIpc) is 3.34. The van der Waals surface area contributed by atoms with Gasteiger partial charge in [-0.1, -0.05) is 46.1 Å². The maximum absolute atomic E-state index is 14.2. The van der Waals surface area contributed by atoms with Gasteiger partial charge < -0.3 is 4.74 Å². The molecule has 2 bridgehead atoms. The predicted molar refractivity (Wildman–Crippen MR) is 151 cm³/mol. The van der Waals surface area contributed by atoms with Gasteiger partial charge in [0.05, 0.1) is 46.0 Å². The van der Waals surface area contributed by atoms with Crippen LogP contribution >= 0.6 is 39.1 Å². The number of benzene rings is 2. The van der Waals surface area contributed by atoms with E-state index >= 15 is 0 Å². The third-order valence-electron chi connectivity index (χ3n) is 8.95. The lowest BCUT2D eigenvalue weighted by Gasteiger charge is -2.59. The molecule has 0 radical (unpaired) electrons. The number of ether oxygens (including phenoxy) is 1. The van der Waals surface area contributed by atoms with Crippen LogP contribution in [0.2, 0.25) is 10.0 Å². The number of carbonyl (C=O) groups excluding carboxylic acids is 5. The highest BCUT2D eigenvalue weighted by Gasteiger charge is 2.81. The first-order valence-electron chi connectivity index (χ1n) is 12.7. The first-order valence-corrected chi connectivity index (χ1v) is 14.3. The molecule has 1 saturated carbocycles. The van der Waals surface area contributed by atoms with E-state index in [1.54, 1.807) is 69.3 Å². The summed E-state index contributed by atoms with van der Waals surface area (Å²) in [5.41, 5.74) is -0.327. The lowest BCUT2D eigenvalue weighted by Crippen LogP contribution is -2.67. The lowest BCUT2D eigenvalue weighted by molar-refractivity contribution is -0.152. The summed E-state index contributed by atoms with van der Waals surface area (Å²) < 4.78 is 3.92. The molecule has 4 amide bonds. The molecule has 11 heteroatoms. The first kappa shape index (κ1) is 27.2. The second kappa shape index (κ2) is 8.99. The van der Waals surface area contributed by atoms with Crippen molar-refractivity contribution in [3.05, 3.63) is 69.7 Å². The molecule has 2 aliphatic heterocycles. The number of esters is 1. The Bertz CT molecular complexity index is 1460. The fourth-order valence-corrected chi connectivity index (χ4v) is 8.79. The van der Waals surface area contributed by atoms with E-state index in [2.05, 4.69) is 15.9 Å².